The van der Waals surface area contributed by atoms with Crippen molar-refractivity contribution in [1.29, 1.82) is 0 Å². The topological polar surface area (TPSA) is 49.8 Å². The molecule has 0 amide bonds. The first kappa shape index (κ1) is 14.7. The lowest BCUT2D eigenvalue weighted by Gasteiger charge is -2.39. The monoisotopic (exact) mass is 304 g/mol. The summed E-state index contributed by atoms with van der Waals surface area (Å²) < 4.78 is 0. The fourth-order valence-corrected chi connectivity index (χ4v) is 3.97. The molecule has 114 valence electrons. The minimum atomic E-state index is 0.334. The Bertz CT molecular complexity index is 620. The van der Waals surface area contributed by atoms with Crippen LogP contribution in [0.1, 0.15) is 38.5 Å². The summed E-state index contributed by atoms with van der Waals surface area (Å²) in [4.78, 5) is 11.3. The van der Waals surface area contributed by atoms with Crippen molar-refractivity contribution >= 4 is 27.4 Å². The maximum Gasteiger partial charge on any atom is 0.138 e. The Balaban J connectivity index is 1.77. The largest absolute Gasteiger partial charge is 0.368 e. The van der Waals surface area contributed by atoms with E-state index in [0.717, 1.165) is 35.5 Å². The number of nitrogens with one attached hydrogen (secondary N) is 2. The number of nitrogens with zero attached hydrogens (tertiary/aromatic N) is 2. The molecule has 4 nitrogen and oxygen atoms in total. The zero-order valence-corrected chi connectivity index (χ0v) is 13.9. The van der Waals surface area contributed by atoms with Crippen molar-refractivity contribution in [2.75, 3.05) is 18.4 Å². The van der Waals surface area contributed by atoms with E-state index in [-0.39, 0.29) is 0 Å². The smallest absolute Gasteiger partial charge is 0.138 e. The molecule has 3 rings (SSSR count). The van der Waals surface area contributed by atoms with Gasteiger partial charge in [0.15, 0.2) is 0 Å². The molecule has 2 aromatic heterocycles. The van der Waals surface area contributed by atoms with E-state index in [2.05, 4.69) is 47.4 Å². The molecule has 2 N–H and O–H groups in total. The van der Waals surface area contributed by atoms with Crippen molar-refractivity contribution in [3.05, 3.63) is 17.3 Å². The molecule has 0 aromatic carbocycles. The molecule has 1 aliphatic heterocycles. The summed E-state index contributed by atoms with van der Waals surface area (Å²) in [6.45, 7) is 8.91. The molecule has 0 aliphatic carbocycles. The first-order chi connectivity index (χ1) is 10.1. The highest BCUT2D eigenvalue weighted by molar-refractivity contribution is 7.18. The average Bonchev–Trinajstić information content (AvgIpc) is 2.89. The number of aromatic nitrogens is 2. The molecular formula is C16H24N4S. The second-order valence-electron chi connectivity index (χ2n) is 6.49. The normalized spacial score (nSPS) is 21.6. The van der Waals surface area contributed by atoms with Gasteiger partial charge in [0, 0.05) is 17.5 Å². The van der Waals surface area contributed by atoms with Gasteiger partial charge < -0.3 is 10.6 Å². The molecule has 0 radical (unpaired) electrons. The Hall–Kier alpha value is -1.20. The van der Waals surface area contributed by atoms with Crippen molar-refractivity contribution in [3.8, 4) is 0 Å². The molecule has 1 aliphatic rings. The highest BCUT2D eigenvalue weighted by Crippen LogP contribution is 2.31. The van der Waals surface area contributed by atoms with Crippen molar-refractivity contribution in [2.45, 2.75) is 46.1 Å². The van der Waals surface area contributed by atoms with Crippen LogP contribution in [0, 0.1) is 5.41 Å². The molecule has 0 bridgehead atoms. The van der Waals surface area contributed by atoms with Crippen molar-refractivity contribution in [3.63, 3.8) is 0 Å². The lowest BCUT2D eigenvalue weighted by molar-refractivity contribution is 0.188. The van der Waals surface area contributed by atoms with E-state index in [4.69, 9.17) is 0 Å². The van der Waals surface area contributed by atoms with Crippen molar-refractivity contribution < 1.29 is 0 Å². The van der Waals surface area contributed by atoms with E-state index in [9.17, 15) is 0 Å². The Labute approximate surface area is 130 Å². The van der Waals surface area contributed by atoms with Crippen LogP contribution in [0.15, 0.2) is 12.4 Å². The number of aryl methyl sites for hydroxylation is 1. The molecule has 0 saturated carbocycles. The zero-order valence-electron chi connectivity index (χ0n) is 13.1. The number of piperidine rings is 1. The summed E-state index contributed by atoms with van der Waals surface area (Å²) in [5, 5.41) is 8.34. The maximum atomic E-state index is 4.44. The van der Waals surface area contributed by atoms with Gasteiger partial charge in [-0.05, 0) is 37.3 Å². The number of hydrogen-bond donors (Lipinski definition) is 2. The number of rotatable bonds is 4. The molecule has 1 fully saturated rings. The Morgan fingerprint density at radius 1 is 1.43 bits per heavy atom. The van der Waals surface area contributed by atoms with Gasteiger partial charge in [0.1, 0.15) is 17.0 Å². The average molecular weight is 304 g/mol. The highest BCUT2D eigenvalue weighted by atomic mass is 32.1. The molecule has 0 spiro atoms. The van der Waals surface area contributed by atoms with Crippen LogP contribution < -0.4 is 10.6 Å². The third-order valence-electron chi connectivity index (χ3n) is 4.53. The SMILES string of the molecule is CCc1cc2c(NCC3NCCCC3(C)C)ncnc2s1. The first-order valence-electron chi connectivity index (χ1n) is 7.81. The molecule has 1 unspecified atom stereocenters. The predicted octanol–water partition coefficient (Wildman–Crippen LogP) is 3.44. The van der Waals surface area contributed by atoms with Gasteiger partial charge in [-0.3, -0.25) is 0 Å². The zero-order chi connectivity index (χ0) is 14.9. The number of anilines is 1. The second kappa shape index (κ2) is 5.89. The third kappa shape index (κ3) is 3.04. The molecule has 1 atom stereocenters. The van der Waals surface area contributed by atoms with Gasteiger partial charge in [-0.1, -0.05) is 20.8 Å². The van der Waals surface area contributed by atoms with Crippen LogP contribution in [0.2, 0.25) is 0 Å². The molecule has 2 aromatic rings. The second-order valence-corrected chi connectivity index (χ2v) is 7.60. The highest BCUT2D eigenvalue weighted by Gasteiger charge is 2.31. The minimum Gasteiger partial charge on any atom is -0.368 e. The van der Waals surface area contributed by atoms with Gasteiger partial charge >= 0.3 is 0 Å². The summed E-state index contributed by atoms with van der Waals surface area (Å²) in [5.74, 6) is 0.971. The Kier molecular flexibility index (Phi) is 4.13. The van der Waals surface area contributed by atoms with E-state index >= 15 is 0 Å². The van der Waals surface area contributed by atoms with E-state index in [1.807, 2.05) is 0 Å². The number of thiophene rings is 1. The summed E-state index contributed by atoms with van der Waals surface area (Å²) in [5.41, 5.74) is 0.334. The van der Waals surface area contributed by atoms with Gasteiger partial charge in [-0.2, -0.15) is 0 Å². The predicted molar refractivity (Wildman–Crippen MR) is 90.1 cm³/mol. The lowest BCUT2D eigenvalue weighted by Crippen LogP contribution is -2.50. The van der Waals surface area contributed by atoms with Gasteiger partial charge in [0.05, 0.1) is 5.39 Å². The quantitative estimate of drug-likeness (QED) is 0.908. The number of fused-ring (bicyclic) bond motifs is 1. The van der Waals surface area contributed by atoms with Crippen LogP contribution in [-0.2, 0) is 6.42 Å². The van der Waals surface area contributed by atoms with E-state index in [1.54, 1.807) is 17.7 Å². The standard InChI is InChI=1S/C16H24N4S/c1-4-11-8-12-14(19-10-20-15(12)21-11)18-9-13-16(2,3)6-5-7-17-13/h8,10,13,17H,4-7,9H2,1-3H3,(H,18,19,20). The van der Waals surface area contributed by atoms with Crippen molar-refractivity contribution in [2.24, 2.45) is 5.41 Å². The Morgan fingerprint density at radius 2 is 2.29 bits per heavy atom. The maximum absolute atomic E-state index is 4.44. The van der Waals surface area contributed by atoms with Crippen molar-refractivity contribution in [1.82, 2.24) is 15.3 Å². The van der Waals surface area contributed by atoms with E-state index < -0.39 is 0 Å². The fourth-order valence-electron chi connectivity index (χ4n) is 3.04. The lowest BCUT2D eigenvalue weighted by atomic mass is 9.77. The Morgan fingerprint density at radius 3 is 3.05 bits per heavy atom. The van der Waals surface area contributed by atoms with E-state index in [1.165, 1.54) is 17.7 Å². The van der Waals surface area contributed by atoms with Crippen LogP contribution >= 0.6 is 11.3 Å². The van der Waals surface area contributed by atoms with E-state index in [0.29, 0.717) is 11.5 Å². The first-order valence-corrected chi connectivity index (χ1v) is 8.62. The summed E-state index contributed by atoms with van der Waals surface area (Å²) >= 11 is 1.77. The molecular weight excluding hydrogens is 280 g/mol. The van der Waals surface area contributed by atoms with Crippen LogP contribution in [0.4, 0.5) is 5.82 Å². The summed E-state index contributed by atoms with van der Waals surface area (Å²) in [6.07, 6.45) is 5.27. The van der Waals surface area contributed by atoms with Gasteiger partial charge in [0.2, 0.25) is 0 Å². The fraction of sp³-hybridized carbons (Fsp3) is 0.625. The van der Waals surface area contributed by atoms with Crippen LogP contribution in [-0.4, -0.2) is 29.1 Å². The number of hydrogen-bond acceptors (Lipinski definition) is 5. The van der Waals surface area contributed by atoms with Crippen LogP contribution in [0.3, 0.4) is 0 Å². The summed E-state index contributed by atoms with van der Waals surface area (Å²) in [6, 6.07) is 2.71. The van der Waals surface area contributed by atoms with Gasteiger partial charge in [0.25, 0.3) is 0 Å². The summed E-state index contributed by atoms with van der Waals surface area (Å²) in [7, 11) is 0. The molecule has 21 heavy (non-hydrogen) atoms. The van der Waals surface area contributed by atoms with Crippen LogP contribution in [0.5, 0.6) is 0 Å². The molecule has 3 heterocycles. The molecule has 1 saturated heterocycles. The molecule has 5 heteroatoms. The van der Waals surface area contributed by atoms with Crippen LogP contribution in [0.25, 0.3) is 10.2 Å². The van der Waals surface area contributed by atoms with Gasteiger partial charge in [-0.15, -0.1) is 11.3 Å². The minimum absolute atomic E-state index is 0.334. The third-order valence-corrected chi connectivity index (χ3v) is 5.72. The van der Waals surface area contributed by atoms with Gasteiger partial charge in [-0.25, -0.2) is 9.97 Å².